The molecule has 0 spiro atoms. The van der Waals surface area contributed by atoms with Gasteiger partial charge in [0.1, 0.15) is 23.0 Å². The molecule has 1 fully saturated rings. The van der Waals surface area contributed by atoms with Gasteiger partial charge in [-0.15, -0.1) is 0 Å². The summed E-state index contributed by atoms with van der Waals surface area (Å²) in [5, 5.41) is 4.73. The normalized spacial score (nSPS) is 14.6. The third-order valence-corrected chi connectivity index (χ3v) is 6.61. The average Bonchev–Trinajstić information content (AvgIpc) is 3.38. The molecule has 1 aliphatic rings. The van der Waals surface area contributed by atoms with Crippen molar-refractivity contribution in [3.8, 4) is 23.0 Å². The first-order valence-electron chi connectivity index (χ1n) is 12.7. The highest BCUT2D eigenvalue weighted by Crippen LogP contribution is 2.33. The minimum absolute atomic E-state index is 0.00157. The smallest absolute Gasteiger partial charge is 0.311 e. The quantitative estimate of drug-likeness (QED) is 0.292. The van der Waals surface area contributed by atoms with E-state index < -0.39 is 24.4 Å². The van der Waals surface area contributed by atoms with E-state index in [2.05, 4.69) is 5.32 Å². The average molecular weight is 541 g/mol. The molecule has 1 aliphatic heterocycles. The van der Waals surface area contributed by atoms with E-state index in [9.17, 15) is 14.4 Å². The van der Waals surface area contributed by atoms with Crippen LogP contribution in [0.1, 0.15) is 6.42 Å². The fraction of sp³-hybridized carbons (Fsp3) is 0.194. The summed E-state index contributed by atoms with van der Waals surface area (Å²) in [6.07, 6.45) is -0.00157. The van der Waals surface area contributed by atoms with Crippen LogP contribution in [0.2, 0.25) is 0 Å². The Kier molecular flexibility index (Phi) is 7.82. The molecule has 0 aliphatic carbocycles. The number of esters is 1. The van der Waals surface area contributed by atoms with E-state index in [-0.39, 0.29) is 18.9 Å². The van der Waals surface area contributed by atoms with Crippen LogP contribution in [0.4, 0.5) is 11.4 Å². The number of amides is 2. The van der Waals surface area contributed by atoms with Crippen LogP contribution in [0.3, 0.4) is 0 Å². The summed E-state index contributed by atoms with van der Waals surface area (Å²) >= 11 is 0. The number of hydrogen-bond donors (Lipinski definition) is 1. The summed E-state index contributed by atoms with van der Waals surface area (Å²) in [6, 6.07) is 25.9. The topological polar surface area (TPSA) is 103 Å². The number of hydrogen-bond acceptors (Lipinski definition) is 7. The van der Waals surface area contributed by atoms with Gasteiger partial charge in [-0.3, -0.25) is 14.4 Å². The highest BCUT2D eigenvalue weighted by Gasteiger charge is 2.36. The molecule has 1 saturated heterocycles. The number of carbonyl (C=O) groups is 3. The number of methoxy groups -OCH3 is 2. The van der Waals surface area contributed by atoms with Gasteiger partial charge in [0.25, 0.3) is 5.91 Å². The Hall–Kier alpha value is -5.05. The monoisotopic (exact) mass is 540 g/mol. The number of ether oxygens (including phenoxy) is 4. The van der Waals surface area contributed by atoms with Crippen LogP contribution in [0, 0.1) is 5.92 Å². The zero-order valence-corrected chi connectivity index (χ0v) is 22.1. The first kappa shape index (κ1) is 26.6. The molecular weight excluding hydrogens is 512 g/mol. The van der Waals surface area contributed by atoms with Crippen molar-refractivity contribution in [2.45, 2.75) is 6.42 Å². The Labute approximate surface area is 231 Å². The maximum atomic E-state index is 12.7. The lowest BCUT2D eigenvalue weighted by molar-refractivity contribution is -0.151. The maximum absolute atomic E-state index is 12.7. The Bertz CT molecular complexity index is 1550. The van der Waals surface area contributed by atoms with E-state index in [1.807, 2.05) is 42.5 Å². The van der Waals surface area contributed by atoms with Crippen molar-refractivity contribution in [3.63, 3.8) is 0 Å². The van der Waals surface area contributed by atoms with Gasteiger partial charge in [-0.1, -0.05) is 36.4 Å². The molecule has 204 valence electrons. The Morgan fingerprint density at radius 2 is 1.62 bits per heavy atom. The van der Waals surface area contributed by atoms with Crippen molar-refractivity contribution in [1.82, 2.24) is 0 Å². The molecule has 9 heteroatoms. The molecular formula is C31H28N2O7. The standard InChI is InChI=1S/C31H28N2O7/c1-37-24-14-15-28(38-2)26(17-24)32-29(34)19-39-31(36)21-16-30(35)33(18-21)22-10-12-23(13-11-22)40-27-9-5-7-20-6-3-4-8-25(20)27/h3-15,17,21H,16,18-19H2,1-2H3,(H,32,34)/t21-/m1/s1. The molecule has 0 aromatic heterocycles. The van der Waals surface area contributed by atoms with Gasteiger partial charge >= 0.3 is 5.97 Å². The molecule has 40 heavy (non-hydrogen) atoms. The van der Waals surface area contributed by atoms with Crippen LogP contribution < -0.4 is 24.4 Å². The van der Waals surface area contributed by atoms with Crippen LogP contribution in [0.15, 0.2) is 84.9 Å². The largest absolute Gasteiger partial charge is 0.497 e. The van der Waals surface area contributed by atoms with Crippen LogP contribution >= 0.6 is 0 Å². The fourth-order valence-corrected chi connectivity index (χ4v) is 4.57. The van der Waals surface area contributed by atoms with Crippen molar-refractivity contribution in [3.05, 3.63) is 84.9 Å². The van der Waals surface area contributed by atoms with Gasteiger partial charge < -0.3 is 29.2 Å². The predicted octanol–water partition coefficient (Wildman–Crippen LogP) is 5.18. The lowest BCUT2D eigenvalue weighted by atomic mass is 10.1. The molecule has 0 bridgehead atoms. The van der Waals surface area contributed by atoms with Gasteiger partial charge in [0.05, 0.1) is 25.8 Å². The zero-order valence-electron chi connectivity index (χ0n) is 22.1. The molecule has 1 heterocycles. The van der Waals surface area contributed by atoms with E-state index in [1.165, 1.54) is 19.1 Å². The fourth-order valence-electron chi connectivity index (χ4n) is 4.57. The number of benzene rings is 4. The van der Waals surface area contributed by atoms with Gasteiger partial charge in [-0.2, -0.15) is 0 Å². The van der Waals surface area contributed by atoms with E-state index in [0.29, 0.717) is 28.6 Å². The van der Waals surface area contributed by atoms with E-state index >= 15 is 0 Å². The highest BCUT2D eigenvalue weighted by molar-refractivity contribution is 6.00. The molecule has 0 radical (unpaired) electrons. The summed E-state index contributed by atoms with van der Waals surface area (Å²) in [6.45, 7) is -0.337. The zero-order chi connectivity index (χ0) is 28.1. The van der Waals surface area contributed by atoms with Crippen molar-refractivity contribution in [2.24, 2.45) is 5.92 Å². The molecule has 4 aromatic carbocycles. The van der Waals surface area contributed by atoms with E-state index in [4.69, 9.17) is 18.9 Å². The second kappa shape index (κ2) is 11.8. The summed E-state index contributed by atoms with van der Waals surface area (Å²) in [5.41, 5.74) is 1.03. The highest BCUT2D eigenvalue weighted by atomic mass is 16.5. The SMILES string of the molecule is COc1ccc(OC)c(NC(=O)COC(=O)[C@@H]2CC(=O)N(c3ccc(Oc4cccc5ccccc45)cc3)C2)c1. The van der Waals surface area contributed by atoms with Gasteiger partial charge in [0, 0.05) is 30.1 Å². The van der Waals surface area contributed by atoms with Crippen molar-refractivity contribution >= 4 is 39.9 Å². The van der Waals surface area contributed by atoms with E-state index in [1.54, 1.807) is 42.5 Å². The molecule has 1 N–H and O–H groups in total. The second-order valence-corrected chi connectivity index (χ2v) is 9.20. The number of fused-ring (bicyclic) bond motifs is 1. The number of rotatable bonds is 9. The third-order valence-electron chi connectivity index (χ3n) is 6.61. The molecule has 5 rings (SSSR count). The molecule has 9 nitrogen and oxygen atoms in total. The lowest BCUT2D eigenvalue weighted by Gasteiger charge is -2.17. The summed E-state index contributed by atoms with van der Waals surface area (Å²) in [4.78, 5) is 39.3. The first-order valence-corrected chi connectivity index (χ1v) is 12.7. The van der Waals surface area contributed by atoms with Crippen LogP contribution in [-0.2, 0) is 19.1 Å². The molecule has 0 saturated carbocycles. The molecule has 2 amide bonds. The lowest BCUT2D eigenvalue weighted by Crippen LogP contribution is -2.28. The Morgan fingerprint density at radius 3 is 2.40 bits per heavy atom. The van der Waals surface area contributed by atoms with Gasteiger partial charge in [-0.05, 0) is 47.9 Å². The number of carbonyl (C=O) groups excluding carboxylic acids is 3. The molecule has 0 unspecified atom stereocenters. The van der Waals surface area contributed by atoms with Gasteiger partial charge in [0.2, 0.25) is 5.91 Å². The van der Waals surface area contributed by atoms with Crippen LogP contribution in [-0.4, -0.2) is 45.2 Å². The minimum Gasteiger partial charge on any atom is -0.497 e. The molecule has 4 aromatic rings. The first-order chi connectivity index (χ1) is 19.4. The second-order valence-electron chi connectivity index (χ2n) is 9.20. The Morgan fingerprint density at radius 1 is 0.875 bits per heavy atom. The molecule has 1 atom stereocenters. The maximum Gasteiger partial charge on any atom is 0.311 e. The third kappa shape index (κ3) is 5.83. The van der Waals surface area contributed by atoms with E-state index in [0.717, 1.165) is 16.5 Å². The summed E-state index contributed by atoms with van der Waals surface area (Å²) in [7, 11) is 2.99. The Balaban J connectivity index is 1.16. The number of nitrogens with zero attached hydrogens (tertiary/aromatic N) is 1. The summed E-state index contributed by atoms with van der Waals surface area (Å²) in [5.74, 6) is 0.300. The number of nitrogens with one attached hydrogen (secondary N) is 1. The van der Waals surface area contributed by atoms with Crippen LogP contribution in [0.25, 0.3) is 10.8 Å². The van der Waals surface area contributed by atoms with Crippen LogP contribution in [0.5, 0.6) is 23.0 Å². The number of anilines is 2. The minimum atomic E-state index is -0.682. The van der Waals surface area contributed by atoms with Crippen molar-refractivity contribution in [2.75, 3.05) is 37.6 Å². The van der Waals surface area contributed by atoms with Crippen molar-refractivity contribution in [1.29, 1.82) is 0 Å². The van der Waals surface area contributed by atoms with Crippen molar-refractivity contribution < 1.29 is 33.3 Å². The predicted molar refractivity (Wildman–Crippen MR) is 150 cm³/mol. The summed E-state index contributed by atoms with van der Waals surface area (Å²) < 4.78 is 21.7. The van der Waals surface area contributed by atoms with Gasteiger partial charge in [-0.25, -0.2) is 0 Å². The van der Waals surface area contributed by atoms with Gasteiger partial charge in [0.15, 0.2) is 6.61 Å².